The highest BCUT2D eigenvalue weighted by molar-refractivity contribution is 9.10. The van der Waals surface area contributed by atoms with Gasteiger partial charge in [-0.15, -0.1) is 0 Å². The first-order chi connectivity index (χ1) is 7.22. The van der Waals surface area contributed by atoms with Gasteiger partial charge in [-0.05, 0) is 12.5 Å². The van der Waals surface area contributed by atoms with Gasteiger partial charge in [0.15, 0.2) is 17.7 Å². The minimum absolute atomic E-state index is 0.316. The van der Waals surface area contributed by atoms with Crippen LogP contribution in [0.1, 0.15) is 16.1 Å². The van der Waals surface area contributed by atoms with Gasteiger partial charge < -0.3 is 4.42 Å². The molecule has 15 heavy (non-hydrogen) atoms. The van der Waals surface area contributed by atoms with Crippen LogP contribution in [-0.4, -0.2) is 11.3 Å². The zero-order valence-corrected chi connectivity index (χ0v) is 9.61. The number of halogens is 1. The number of hydrogen-bond acceptors (Lipinski definition) is 3. The van der Waals surface area contributed by atoms with Crippen LogP contribution in [0.4, 0.5) is 0 Å². The average Bonchev–Trinajstić information content (AvgIpc) is 2.60. The number of nitrogens with zero attached hydrogens (tertiary/aromatic N) is 1. The molecular weight excluding hydrogens is 258 g/mol. The third kappa shape index (κ3) is 1.85. The molecule has 0 saturated heterocycles. The van der Waals surface area contributed by atoms with Crippen molar-refractivity contribution in [3.63, 3.8) is 0 Å². The van der Waals surface area contributed by atoms with Crippen molar-refractivity contribution in [3.8, 4) is 11.3 Å². The molecule has 3 nitrogen and oxygen atoms in total. The first kappa shape index (κ1) is 10.1. The lowest BCUT2D eigenvalue weighted by Gasteiger charge is -2.00. The van der Waals surface area contributed by atoms with E-state index in [1.54, 1.807) is 0 Å². The van der Waals surface area contributed by atoms with E-state index in [4.69, 9.17) is 4.42 Å². The topological polar surface area (TPSA) is 43.1 Å². The van der Waals surface area contributed by atoms with Crippen LogP contribution in [0.2, 0.25) is 0 Å². The fourth-order valence-corrected chi connectivity index (χ4v) is 1.76. The quantitative estimate of drug-likeness (QED) is 0.784. The monoisotopic (exact) mass is 265 g/mol. The van der Waals surface area contributed by atoms with Gasteiger partial charge in [-0.2, -0.15) is 4.98 Å². The maximum Gasteiger partial charge on any atom is 0.265 e. The SMILES string of the molecule is Cc1ccccc1-c1oc(Br)nc1C=O. The van der Waals surface area contributed by atoms with E-state index in [1.165, 1.54) is 0 Å². The van der Waals surface area contributed by atoms with Gasteiger partial charge in [0.1, 0.15) is 0 Å². The van der Waals surface area contributed by atoms with Crippen molar-refractivity contribution in [2.45, 2.75) is 6.92 Å². The van der Waals surface area contributed by atoms with E-state index < -0.39 is 0 Å². The second-order valence-electron chi connectivity index (χ2n) is 3.11. The van der Waals surface area contributed by atoms with Crippen LogP contribution in [-0.2, 0) is 0 Å². The van der Waals surface area contributed by atoms with Crippen molar-refractivity contribution in [1.82, 2.24) is 4.98 Å². The molecule has 2 rings (SSSR count). The molecule has 0 aliphatic carbocycles. The Bertz CT molecular complexity index is 505. The second-order valence-corrected chi connectivity index (χ2v) is 3.79. The third-order valence-corrected chi connectivity index (χ3v) is 2.47. The molecule has 1 aromatic heterocycles. The largest absolute Gasteiger partial charge is 0.430 e. The first-order valence-electron chi connectivity index (χ1n) is 4.40. The number of aryl methyl sites for hydroxylation is 1. The zero-order valence-electron chi connectivity index (χ0n) is 8.03. The van der Waals surface area contributed by atoms with Crippen molar-refractivity contribution in [1.29, 1.82) is 0 Å². The van der Waals surface area contributed by atoms with E-state index >= 15 is 0 Å². The Morgan fingerprint density at radius 3 is 2.80 bits per heavy atom. The molecule has 2 aromatic rings. The Morgan fingerprint density at radius 1 is 1.40 bits per heavy atom. The summed E-state index contributed by atoms with van der Waals surface area (Å²) in [5.41, 5.74) is 2.25. The molecule has 1 aromatic carbocycles. The molecule has 0 spiro atoms. The van der Waals surface area contributed by atoms with Crippen molar-refractivity contribution in [2.24, 2.45) is 0 Å². The number of aldehydes is 1. The van der Waals surface area contributed by atoms with E-state index in [2.05, 4.69) is 20.9 Å². The fourth-order valence-electron chi connectivity index (χ4n) is 1.41. The first-order valence-corrected chi connectivity index (χ1v) is 5.19. The Labute approximate surface area is 95.3 Å². The molecule has 1 heterocycles. The second kappa shape index (κ2) is 3.98. The Hall–Kier alpha value is -1.42. The van der Waals surface area contributed by atoms with E-state index in [0.717, 1.165) is 11.1 Å². The Morgan fingerprint density at radius 2 is 2.13 bits per heavy atom. The molecule has 0 radical (unpaired) electrons. The summed E-state index contributed by atoms with van der Waals surface area (Å²) in [6.45, 7) is 1.96. The summed E-state index contributed by atoms with van der Waals surface area (Å²) >= 11 is 3.11. The van der Waals surface area contributed by atoms with Gasteiger partial charge in [-0.3, -0.25) is 4.79 Å². The predicted molar refractivity (Wildman–Crippen MR) is 59.8 cm³/mol. The molecule has 0 aliphatic rings. The van der Waals surface area contributed by atoms with E-state index in [0.29, 0.717) is 22.5 Å². The van der Waals surface area contributed by atoms with Gasteiger partial charge in [-0.25, -0.2) is 0 Å². The van der Waals surface area contributed by atoms with Crippen molar-refractivity contribution >= 4 is 22.2 Å². The highest BCUT2D eigenvalue weighted by atomic mass is 79.9. The molecule has 0 amide bonds. The lowest BCUT2D eigenvalue weighted by atomic mass is 10.1. The molecule has 0 atom stereocenters. The smallest absolute Gasteiger partial charge is 0.265 e. The van der Waals surface area contributed by atoms with E-state index in [1.807, 2.05) is 31.2 Å². The lowest BCUT2D eigenvalue weighted by Crippen LogP contribution is -1.86. The fraction of sp³-hybridized carbons (Fsp3) is 0.0909. The van der Waals surface area contributed by atoms with Gasteiger partial charge in [0.25, 0.3) is 4.80 Å². The number of aromatic nitrogens is 1. The van der Waals surface area contributed by atoms with Gasteiger partial charge in [-0.1, -0.05) is 24.3 Å². The molecule has 0 aliphatic heterocycles. The zero-order chi connectivity index (χ0) is 10.8. The van der Waals surface area contributed by atoms with Crippen LogP contribution >= 0.6 is 15.9 Å². The molecule has 76 valence electrons. The minimum Gasteiger partial charge on any atom is -0.430 e. The number of hydrogen-bond donors (Lipinski definition) is 0. The normalized spacial score (nSPS) is 10.3. The van der Waals surface area contributed by atoms with Crippen molar-refractivity contribution in [2.75, 3.05) is 0 Å². The molecule has 0 bridgehead atoms. The summed E-state index contributed by atoms with van der Waals surface area (Å²) < 4.78 is 5.35. The summed E-state index contributed by atoms with van der Waals surface area (Å²) in [6.07, 6.45) is 0.691. The maximum absolute atomic E-state index is 10.8. The van der Waals surface area contributed by atoms with Gasteiger partial charge >= 0.3 is 0 Å². The highest BCUT2D eigenvalue weighted by Crippen LogP contribution is 2.28. The van der Waals surface area contributed by atoms with Crippen LogP contribution in [0.5, 0.6) is 0 Å². The van der Waals surface area contributed by atoms with Crippen LogP contribution in [0.15, 0.2) is 33.5 Å². The molecule has 0 saturated carbocycles. The number of carbonyl (C=O) groups is 1. The van der Waals surface area contributed by atoms with Crippen molar-refractivity contribution < 1.29 is 9.21 Å². The summed E-state index contributed by atoms with van der Waals surface area (Å²) in [5, 5.41) is 0. The maximum atomic E-state index is 10.8. The summed E-state index contributed by atoms with van der Waals surface area (Å²) in [7, 11) is 0. The summed E-state index contributed by atoms with van der Waals surface area (Å²) in [6, 6.07) is 7.69. The highest BCUT2D eigenvalue weighted by Gasteiger charge is 2.14. The average molecular weight is 266 g/mol. The lowest BCUT2D eigenvalue weighted by molar-refractivity contribution is 0.112. The molecule has 0 unspecified atom stereocenters. The Balaban J connectivity index is 2.63. The molecular formula is C11H8BrNO2. The number of oxazole rings is 1. The number of benzene rings is 1. The minimum atomic E-state index is 0.316. The standard InChI is InChI=1S/C11H8BrNO2/c1-7-4-2-3-5-8(7)10-9(6-14)13-11(12)15-10/h2-6H,1H3. The summed E-state index contributed by atoms with van der Waals surface area (Å²) in [5.74, 6) is 0.509. The van der Waals surface area contributed by atoms with Crippen LogP contribution in [0.25, 0.3) is 11.3 Å². The third-order valence-electron chi connectivity index (χ3n) is 2.13. The van der Waals surface area contributed by atoms with Gasteiger partial charge in [0, 0.05) is 21.5 Å². The van der Waals surface area contributed by atoms with Crippen molar-refractivity contribution in [3.05, 3.63) is 40.3 Å². The van der Waals surface area contributed by atoms with Crippen LogP contribution < -0.4 is 0 Å². The summed E-state index contributed by atoms with van der Waals surface area (Å²) in [4.78, 5) is 15.0. The number of rotatable bonds is 2. The molecule has 0 N–H and O–H groups in total. The van der Waals surface area contributed by atoms with Gasteiger partial charge in [0.2, 0.25) is 0 Å². The van der Waals surface area contributed by atoms with E-state index in [-0.39, 0.29) is 0 Å². The number of carbonyl (C=O) groups excluding carboxylic acids is 1. The van der Waals surface area contributed by atoms with Crippen LogP contribution in [0.3, 0.4) is 0 Å². The predicted octanol–water partition coefficient (Wildman–Crippen LogP) is 3.23. The Kier molecular flexibility index (Phi) is 2.68. The van der Waals surface area contributed by atoms with Crippen LogP contribution in [0, 0.1) is 6.92 Å². The van der Waals surface area contributed by atoms with Gasteiger partial charge in [0.05, 0.1) is 0 Å². The molecule has 0 fully saturated rings. The van der Waals surface area contributed by atoms with E-state index in [9.17, 15) is 4.79 Å². The molecule has 4 heteroatoms.